The first-order valence-electron chi connectivity index (χ1n) is 10.2. The van der Waals surface area contributed by atoms with Crippen molar-refractivity contribution in [2.75, 3.05) is 7.11 Å². The minimum Gasteiger partial charge on any atom is -0.478 e. The Bertz CT molecular complexity index is 1200. The van der Waals surface area contributed by atoms with Crippen molar-refractivity contribution in [2.24, 2.45) is 4.99 Å². The Morgan fingerprint density at radius 3 is 2.71 bits per heavy atom. The van der Waals surface area contributed by atoms with Crippen LogP contribution in [0, 0.1) is 13.8 Å². The lowest BCUT2D eigenvalue weighted by molar-refractivity contribution is 0.0599. The van der Waals surface area contributed by atoms with E-state index < -0.39 is 11.9 Å². The Balaban J connectivity index is 1.73. The summed E-state index contributed by atoms with van der Waals surface area (Å²) in [6, 6.07) is 8.95. The van der Waals surface area contributed by atoms with E-state index in [4.69, 9.17) is 4.74 Å². The van der Waals surface area contributed by atoms with Gasteiger partial charge in [-0.1, -0.05) is 6.07 Å². The van der Waals surface area contributed by atoms with E-state index in [1.807, 2.05) is 30.5 Å². The number of nitrogens with zero attached hydrogens (tertiary/aromatic N) is 2. The van der Waals surface area contributed by atoms with Crippen LogP contribution >= 0.6 is 11.3 Å². The molecule has 2 aromatic heterocycles. The molecule has 0 radical (unpaired) electrons. The maximum Gasteiger partial charge on any atom is 0.339 e. The van der Waals surface area contributed by atoms with Crippen molar-refractivity contribution < 1.29 is 19.4 Å². The quantitative estimate of drug-likeness (QED) is 0.436. The van der Waals surface area contributed by atoms with Gasteiger partial charge in [0.25, 0.3) is 0 Å². The van der Waals surface area contributed by atoms with Crippen LogP contribution < -0.4 is 0 Å². The van der Waals surface area contributed by atoms with Gasteiger partial charge in [0.1, 0.15) is 5.00 Å². The number of carbonyl (C=O) groups is 2. The number of esters is 1. The maximum atomic E-state index is 12.1. The van der Waals surface area contributed by atoms with Crippen LogP contribution in [0.1, 0.15) is 60.9 Å². The van der Waals surface area contributed by atoms with Crippen molar-refractivity contribution in [3.05, 3.63) is 68.9 Å². The molecule has 1 aliphatic carbocycles. The molecule has 0 saturated heterocycles. The fourth-order valence-electron chi connectivity index (χ4n) is 4.14. The van der Waals surface area contributed by atoms with Crippen molar-refractivity contribution in [2.45, 2.75) is 39.5 Å². The summed E-state index contributed by atoms with van der Waals surface area (Å²) in [6.45, 7) is 3.95. The Morgan fingerprint density at radius 1 is 1.19 bits per heavy atom. The van der Waals surface area contributed by atoms with Gasteiger partial charge in [0, 0.05) is 28.0 Å². The monoisotopic (exact) mass is 436 g/mol. The average molecular weight is 437 g/mol. The Labute approximate surface area is 184 Å². The highest BCUT2D eigenvalue weighted by Gasteiger charge is 2.27. The molecule has 7 heteroatoms. The number of aromatic carboxylic acids is 1. The van der Waals surface area contributed by atoms with E-state index in [1.165, 1.54) is 12.0 Å². The summed E-state index contributed by atoms with van der Waals surface area (Å²) in [5.74, 6) is -1.27. The minimum absolute atomic E-state index is 0.405. The number of ether oxygens (including phenoxy) is 1. The van der Waals surface area contributed by atoms with E-state index in [-0.39, 0.29) is 0 Å². The third kappa shape index (κ3) is 3.93. The van der Waals surface area contributed by atoms with Crippen LogP contribution in [-0.4, -0.2) is 34.9 Å². The summed E-state index contributed by atoms with van der Waals surface area (Å²) in [7, 11) is 1.35. The summed E-state index contributed by atoms with van der Waals surface area (Å²) in [5.41, 5.74) is 5.33. The molecule has 31 heavy (non-hydrogen) atoms. The minimum atomic E-state index is -0.864. The summed E-state index contributed by atoms with van der Waals surface area (Å²) in [6.07, 6.45) is 5.68. The van der Waals surface area contributed by atoms with E-state index in [0.29, 0.717) is 16.8 Å². The number of hydrogen-bond acceptors (Lipinski definition) is 5. The number of fused-ring (bicyclic) bond motifs is 1. The van der Waals surface area contributed by atoms with Crippen LogP contribution in [-0.2, 0) is 17.6 Å². The van der Waals surface area contributed by atoms with Crippen LogP contribution in [0.4, 0.5) is 5.69 Å². The molecule has 0 saturated carbocycles. The summed E-state index contributed by atoms with van der Waals surface area (Å²) in [4.78, 5) is 29.6. The van der Waals surface area contributed by atoms with Gasteiger partial charge in [-0.05, 0) is 69.4 Å². The van der Waals surface area contributed by atoms with Crippen molar-refractivity contribution >= 4 is 35.2 Å². The number of carbonyl (C=O) groups excluding carboxylic acids is 1. The molecule has 0 spiro atoms. The second-order valence-corrected chi connectivity index (χ2v) is 8.74. The standard InChI is InChI=1S/C24H24N2O4S/c1-14-11-17(13-25-18-8-6-7-16(12-18)24(29)30-3)15(2)26(14)22-21(23(27)28)19-9-4-5-10-20(19)31-22/h6-8,11-13H,4-5,9-10H2,1-3H3,(H,27,28). The van der Waals surface area contributed by atoms with Crippen LogP contribution in [0.25, 0.3) is 5.00 Å². The molecular weight excluding hydrogens is 412 g/mol. The van der Waals surface area contributed by atoms with Crippen LogP contribution in [0.15, 0.2) is 35.3 Å². The predicted molar refractivity (Wildman–Crippen MR) is 122 cm³/mol. The lowest BCUT2D eigenvalue weighted by Gasteiger charge is -2.11. The third-order valence-corrected chi connectivity index (χ3v) is 6.94. The molecule has 1 N–H and O–H groups in total. The van der Waals surface area contributed by atoms with Gasteiger partial charge in [-0.15, -0.1) is 11.3 Å². The van der Waals surface area contributed by atoms with Gasteiger partial charge >= 0.3 is 11.9 Å². The zero-order valence-corrected chi connectivity index (χ0v) is 18.6. The van der Waals surface area contributed by atoms with Gasteiger partial charge in [-0.2, -0.15) is 0 Å². The van der Waals surface area contributed by atoms with Gasteiger partial charge in [0.15, 0.2) is 0 Å². The number of carboxylic acid groups (broad SMARTS) is 1. The Morgan fingerprint density at radius 2 is 1.97 bits per heavy atom. The molecule has 4 rings (SSSR count). The summed E-state index contributed by atoms with van der Waals surface area (Å²) >= 11 is 1.59. The number of hydrogen-bond donors (Lipinski definition) is 1. The lowest BCUT2D eigenvalue weighted by atomic mass is 9.95. The number of aryl methyl sites for hydroxylation is 2. The molecule has 0 unspecified atom stereocenters. The zero-order valence-electron chi connectivity index (χ0n) is 17.8. The number of rotatable bonds is 5. The fraction of sp³-hybridized carbons (Fsp3) is 0.292. The second kappa shape index (κ2) is 8.51. The van der Waals surface area contributed by atoms with Crippen LogP contribution in [0.2, 0.25) is 0 Å². The molecular formula is C24H24N2O4S. The van der Waals surface area contributed by atoms with Crippen molar-refractivity contribution in [3.8, 4) is 5.00 Å². The van der Waals surface area contributed by atoms with Gasteiger partial charge in [0.05, 0.1) is 23.9 Å². The highest BCUT2D eigenvalue weighted by Crippen LogP contribution is 2.38. The lowest BCUT2D eigenvalue weighted by Crippen LogP contribution is -2.09. The van der Waals surface area contributed by atoms with Crippen molar-refractivity contribution in [1.82, 2.24) is 4.57 Å². The highest BCUT2D eigenvalue weighted by atomic mass is 32.1. The molecule has 1 aromatic carbocycles. The van der Waals surface area contributed by atoms with Gasteiger partial charge < -0.3 is 14.4 Å². The maximum absolute atomic E-state index is 12.1. The summed E-state index contributed by atoms with van der Waals surface area (Å²) < 4.78 is 6.79. The molecule has 0 bridgehead atoms. The molecule has 6 nitrogen and oxygen atoms in total. The first-order chi connectivity index (χ1) is 14.9. The predicted octanol–water partition coefficient (Wildman–Crippen LogP) is 5.27. The summed E-state index contributed by atoms with van der Waals surface area (Å²) in [5, 5.41) is 10.7. The van der Waals surface area contributed by atoms with Crippen LogP contribution in [0.3, 0.4) is 0 Å². The average Bonchev–Trinajstić information content (AvgIpc) is 3.28. The number of thiophene rings is 1. The Hall–Kier alpha value is -3.19. The van der Waals surface area contributed by atoms with Crippen molar-refractivity contribution in [3.63, 3.8) is 0 Å². The molecule has 0 amide bonds. The van der Waals surface area contributed by atoms with Crippen molar-refractivity contribution in [1.29, 1.82) is 0 Å². The Kier molecular flexibility index (Phi) is 5.78. The topological polar surface area (TPSA) is 80.9 Å². The van der Waals surface area contributed by atoms with E-state index in [9.17, 15) is 14.7 Å². The number of methoxy groups -OCH3 is 1. The van der Waals surface area contributed by atoms with Gasteiger partial charge in [-0.3, -0.25) is 4.99 Å². The number of benzene rings is 1. The molecule has 0 atom stereocenters. The van der Waals surface area contributed by atoms with E-state index >= 15 is 0 Å². The number of aromatic nitrogens is 1. The number of carboxylic acids is 1. The largest absolute Gasteiger partial charge is 0.478 e. The fourth-order valence-corrected chi connectivity index (χ4v) is 5.63. The van der Waals surface area contributed by atoms with Gasteiger partial charge in [-0.25, -0.2) is 9.59 Å². The second-order valence-electron chi connectivity index (χ2n) is 7.66. The molecule has 0 fully saturated rings. The smallest absolute Gasteiger partial charge is 0.339 e. The molecule has 0 aliphatic heterocycles. The van der Waals surface area contributed by atoms with E-state index in [2.05, 4.69) is 4.99 Å². The first kappa shape index (κ1) is 21.1. The van der Waals surface area contributed by atoms with Crippen LogP contribution in [0.5, 0.6) is 0 Å². The first-order valence-corrected chi connectivity index (χ1v) is 11.0. The highest BCUT2D eigenvalue weighted by molar-refractivity contribution is 7.15. The molecule has 160 valence electrons. The van der Waals surface area contributed by atoms with Gasteiger partial charge in [0.2, 0.25) is 0 Å². The van der Waals surface area contributed by atoms with E-state index in [0.717, 1.165) is 53.2 Å². The molecule has 2 heterocycles. The molecule has 3 aromatic rings. The van der Waals surface area contributed by atoms with E-state index in [1.54, 1.807) is 35.8 Å². The third-order valence-electron chi connectivity index (χ3n) is 5.66. The normalized spacial score (nSPS) is 13.4. The number of aliphatic imine (C=N–C) groups is 1. The molecule has 1 aliphatic rings. The zero-order chi connectivity index (χ0) is 22.1. The SMILES string of the molecule is COC(=O)c1cccc(N=Cc2cc(C)n(-c3sc4c(c3C(=O)O)CCCC4)c2C)c1.